The second-order valence-electron chi connectivity index (χ2n) is 8.82. The smallest absolute Gasteiger partial charge is 0.243 e. The molecule has 35 heavy (non-hydrogen) atoms. The molecule has 2 aromatic carbocycles. The summed E-state index contributed by atoms with van der Waals surface area (Å²) in [5.74, 6) is -0.262. The Balaban J connectivity index is 1.78. The SMILES string of the molecule is CCOc1ccc(S(=O)(=O)N2CCCC(C(=O)Nc3cc(S(=O)(=O)N(C)C)ccc3C)C2)cc1C. The fourth-order valence-corrected chi connectivity index (χ4v) is 6.50. The van der Waals surface area contributed by atoms with Crippen molar-refractivity contribution in [3.8, 4) is 5.75 Å². The lowest BCUT2D eigenvalue weighted by atomic mass is 9.98. The van der Waals surface area contributed by atoms with Gasteiger partial charge in [-0.2, -0.15) is 4.31 Å². The van der Waals surface area contributed by atoms with Gasteiger partial charge in [0.05, 0.1) is 22.3 Å². The number of sulfonamides is 2. The van der Waals surface area contributed by atoms with Crippen LogP contribution in [0, 0.1) is 19.8 Å². The minimum absolute atomic E-state index is 0.0508. The summed E-state index contributed by atoms with van der Waals surface area (Å²) in [6.07, 6.45) is 1.08. The van der Waals surface area contributed by atoms with E-state index in [0.717, 1.165) is 9.87 Å². The standard InChI is InChI=1S/C24H33N3O6S2/c1-6-33-23-12-11-20(14-18(23)3)35(31,32)27-13-7-8-19(16-27)24(28)25-22-15-21(10-9-17(22)2)34(29,30)26(4)5/h9-12,14-15,19H,6-8,13,16H2,1-5H3,(H,25,28). The molecule has 1 aliphatic rings. The zero-order valence-corrected chi connectivity index (χ0v) is 22.4. The molecule has 0 aliphatic carbocycles. The normalized spacial score (nSPS) is 17.4. The van der Waals surface area contributed by atoms with Crippen LogP contribution >= 0.6 is 0 Å². The summed E-state index contributed by atoms with van der Waals surface area (Å²) in [6, 6.07) is 9.33. The molecule has 1 saturated heterocycles. The molecule has 1 unspecified atom stereocenters. The number of anilines is 1. The van der Waals surface area contributed by atoms with E-state index in [2.05, 4.69) is 5.32 Å². The first kappa shape index (κ1) is 27.1. The molecular formula is C24H33N3O6S2. The predicted octanol–water partition coefficient (Wildman–Crippen LogP) is 2.99. The van der Waals surface area contributed by atoms with E-state index in [0.29, 0.717) is 43.0 Å². The molecule has 0 spiro atoms. The number of nitrogens with zero attached hydrogens (tertiary/aromatic N) is 2. The van der Waals surface area contributed by atoms with Crippen molar-refractivity contribution >= 4 is 31.6 Å². The van der Waals surface area contributed by atoms with Crippen LogP contribution in [-0.2, 0) is 24.8 Å². The average molecular weight is 524 g/mol. The summed E-state index contributed by atoms with van der Waals surface area (Å²) in [7, 11) is -4.57. The summed E-state index contributed by atoms with van der Waals surface area (Å²) in [5, 5.41) is 2.81. The maximum Gasteiger partial charge on any atom is 0.243 e. The molecule has 1 amide bonds. The van der Waals surface area contributed by atoms with Crippen LogP contribution in [0.1, 0.15) is 30.9 Å². The molecule has 0 radical (unpaired) electrons. The van der Waals surface area contributed by atoms with Crippen LogP contribution in [0.5, 0.6) is 5.75 Å². The van der Waals surface area contributed by atoms with Crippen molar-refractivity contribution in [2.45, 2.75) is 43.4 Å². The van der Waals surface area contributed by atoms with Gasteiger partial charge >= 0.3 is 0 Å². The highest BCUT2D eigenvalue weighted by Gasteiger charge is 2.34. The lowest BCUT2D eigenvalue weighted by molar-refractivity contribution is -0.120. The molecule has 0 saturated carbocycles. The first-order valence-corrected chi connectivity index (χ1v) is 14.3. The van der Waals surface area contributed by atoms with Gasteiger partial charge in [0.2, 0.25) is 26.0 Å². The number of nitrogens with one attached hydrogen (secondary N) is 1. The Morgan fingerprint density at radius 3 is 2.37 bits per heavy atom. The molecule has 192 valence electrons. The minimum Gasteiger partial charge on any atom is -0.494 e. The Bertz CT molecular complexity index is 1310. The van der Waals surface area contributed by atoms with Crippen LogP contribution in [0.25, 0.3) is 0 Å². The van der Waals surface area contributed by atoms with E-state index in [9.17, 15) is 21.6 Å². The molecule has 0 aromatic heterocycles. The van der Waals surface area contributed by atoms with E-state index in [1.165, 1.54) is 36.6 Å². The minimum atomic E-state index is -3.79. The second kappa shape index (κ2) is 10.7. The highest BCUT2D eigenvalue weighted by atomic mass is 32.2. The fourth-order valence-electron chi connectivity index (χ4n) is 3.97. The highest BCUT2D eigenvalue weighted by molar-refractivity contribution is 7.89. The van der Waals surface area contributed by atoms with Crippen molar-refractivity contribution in [2.24, 2.45) is 5.92 Å². The molecule has 1 N–H and O–H groups in total. The Morgan fingerprint density at radius 1 is 1.06 bits per heavy atom. The summed E-state index contributed by atoms with van der Waals surface area (Å²) in [6.45, 7) is 6.29. The maximum atomic E-state index is 13.3. The van der Waals surface area contributed by atoms with Gasteiger partial charge in [-0.3, -0.25) is 4.79 Å². The Labute approximate surface area is 208 Å². The van der Waals surface area contributed by atoms with Gasteiger partial charge in [0.15, 0.2) is 0 Å². The molecular weight excluding hydrogens is 490 g/mol. The van der Waals surface area contributed by atoms with Gasteiger partial charge in [0, 0.05) is 32.9 Å². The third-order valence-corrected chi connectivity index (χ3v) is 9.76. The van der Waals surface area contributed by atoms with Gasteiger partial charge in [-0.25, -0.2) is 21.1 Å². The second-order valence-corrected chi connectivity index (χ2v) is 12.9. The highest BCUT2D eigenvalue weighted by Crippen LogP contribution is 2.29. The van der Waals surface area contributed by atoms with E-state index in [1.807, 2.05) is 6.92 Å². The van der Waals surface area contributed by atoms with Gasteiger partial charge in [0.25, 0.3) is 0 Å². The largest absolute Gasteiger partial charge is 0.494 e. The topological polar surface area (TPSA) is 113 Å². The molecule has 1 atom stereocenters. The van der Waals surface area contributed by atoms with E-state index in [4.69, 9.17) is 4.74 Å². The molecule has 11 heteroatoms. The number of piperidine rings is 1. The van der Waals surface area contributed by atoms with Crippen LogP contribution in [0.2, 0.25) is 0 Å². The molecule has 1 aliphatic heterocycles. The molecule has 1 fully saturated rings. The Hall–Kier alpha value is -2.47. The number of rotatable bonds is 8. The average Bonchev–Trinajstić information content (AvgIpc) is 2.81. The number of carbonyl (C=O) groups is 1. The first-order chi connectivity index (χ1) is 16.4. The van der Waals surface area contributed by atoms with Gasteiger partial charge in [0.1, 0.15) is 5.75 Å². The molecule has 0 bridgehead atoms. The Kier molecular flexibility index (Phi) is 8.25. The third-order valence-electron chi connectivity index (χ3n) is 6.08. The zero-order valence-electron chi connectivity index (χ0n) is 20.7. The van der Waals surface area contributed by atoms with Gasteiger partial charge in [-0.1, -0.05) is 6.07 Å². The van der Waals surface area contributed by atoms with Gasteiger partial charge < -0.3 is 10.1 Å². The fraction of sp³-hybridized carbons (Fsp3) is 0.458. The number of hydrogen-bond donors (Lipinski definition) is 1. The van der Waals surface area contributed by atoms with Crippen molar-refractivity contribution in [2.75, 3.05) is 39.1 Å². The maximum absolute atomic E-state index is 13.3. The van der Waals surface area contributed by atoms with Crippen LogP contribution in [-0.4, -0.2) is 65.1 Å². The van der Waals surface area contributed by atoms with Crippen molar-refractivity contribution in [3.05, 3.63) is 47.5 Å². The van der Waals surface area contributed by atoms with Crippen LogP contribution in [0.15, 0.2) is 46.2 Å². The first-order valence-electron chi connectivity index (χ1n) is 11.5. The summed E-state index contributed by atoms with van der Waals surface area (Å²) in [5.41, 5.74) is 1.82. The summed E-state index contributed by atoms with van der Waals surface area (Å²) < 4.78 is 59.5. The van der Waals surface area contributed by atoms with Crippen molar-refractivity contribution in [3.63, 3.8) is 0 Å². The lowest BCUT2D eigenvalue weighted by Gasteiger charge is -2.31. The Morgan fingerprint density at radius 2 is 1.74 bits per heavy atom. The predicted molar refractivity (Wildman–Crippen MR) is 135 cm³/mol. The van der Waals surface area contributed by atoms with Crippen molar-refractivity contribution in [1.29, 1.82) is 0 Å². The van der Waals surface area contributed by atoms with E-state index >= 15 is 0 Å². The number of aryl methyl sites for hydroxylation is 2. The quantitative estimate of drug-likeness (QED) is 0.569. The molecule has 3 rings (SSSR count). The van der Waals surface area contributed by atoms with Crippen LogP contribution in [0.3, 0.4) is 0 Å². The van der Waals surface area contributed by atoms with E-state index in [1.54, 1.807) is 32.0 Å². The van der Waals surface area contributed by atoms with E-state index < -0.39 is 26.0 Å². The van der Waals surface area contributed by atoms with Crippen LogP contribution in [0.4, 0.5) is 5.69 Å². The molecule has 9 nitrogen and oxygen atoms in total. The summed E-state index contributed by atoms with van der Waals surface area (Å²) in [4.78, 5) is 13.3. The molecule has 1 heterocycles. The number of benzene rings is 2. The summed E-state index contributed by atoms with van der Waals surface area (Å²) >= 11 is 0. The monoisotopic (exact) mass is 523 g/mol. The zero-order chi connectivity index (χ0) is 26.0. The van der Waals surface area contributed by atoms with Gasteiger partial charge in [-0.05, 0) is 75.1 Å². The number of carbonyl (C=O) groups excluding carboxylic acids is 1. The molecule has 2 aromatic rings. The third kappa shape index (κ3) is 5.85. The number of amides is 1. The van der Waals surface area contributed by atoms with Gasteiger partial charge in [-0.15, -0.1) is 0 Å². The van der Waals surface area contributed by atoms with E-state index in [-0.39, 0.29) is 22.2 Å². The van der Waals surface area contributed by atoms with Crippen LogP contribution < -0.4 is 10.1 Å². The lowest BCUT2D eigenvalue weighted by Crippen LogP contribution is -2.43. The van der Waals surface area contributed by atoms with Crippen molar-refractivity contribution in [1.82, 2.24) is 8.61 Å². The van der Waals surface area contributed by atoms with Crippen molar-refractivity contribution < 1.29 is 26.4 Å². The number of ether oxygens (including phenoxy) is 1. The number of hydrogen-bond acceptors (Lipinski definition) is 6.